The van der Waals surface area contributed by atoms with Gasteiger partial charge in [0.1, 0.15) is 5.82 Å². The van der Waals surface area contributed by atoms with E-state index < -0.39 is 0 Å². The Labute approximate surface area is 110 Å². The minimum Gasteiger partial charge on any atom is -0.207 e. The molecule has 19 heavy (non-hydrogen) atoms. The third kappa shape index (κ3) is 1.66. The summed E-state index contributed by atoms with van der Waals surface area (Å²) in [5, 5.41) is 6.81. The third-order valence-electron chi connectivity index (χ3n) is 3.62. The highest BCUT2D eigenvalue weighted by molar-refractivity contribution is 6.04. The Morgan fingerprint density at radius 2 is 0.947 bits per heavy atom. The van der Waals surface area contributed by atoms with Crippen LogP contribution >= 0.6 is 0 Å². The Hall–Kier alpha value is -2.41. The molecule has 0 aromatic heterocycles. The molecule has 0 saturated heterocycles. The van der Waals surface area contributed by atoms with Crippen molar-refractivity contribution in [3.63, 3.8) is 0 Å². The SMILES string of the molecule is Fc1ccc2cc3cc4ccccc4cc3cc2c1. The van der Waals surface area contributed by atoms with Crippen LogP contribution in [0.1, 0.15) is 0 Å². The number of rotatable bonds is 0. The molecule has 0 aliphatic carbocycles. The van der Waals surface area contributed by atoms with Crippen LogP contribution in [0.15, 0.2) is 66.7 Å². The van der Waals surface area contributed by atoms with Gasteiger partial charge in [-0.3, -0.25) is 0 Å². The van der Waals surface area contributed by atoms with E-state index in [4.69, 9.17) is 0 Å². The van der Waals surface area contributed by atoms with Gasteiger partial charge in [0.25, 0.3) is 0 Å². The van der Waals surface area contributed by atoms with Gasteiger partial charge in [-0.25, -0.2) is 4.39 Å². The second-order valence-electron chi connectivity index (χ2n) is 4.89. The van der Waals surface area contributed by atoms with Crippen LogP contribution in [0, 0.1) is 5.82 Å². The van der Waals surface area contributed by atoms with Crippen molar-refractivity contribution in [3.8, 4) is 0 Å². The van der Waals surface area contributed by atoms with Crippen LogP contribution in [0.25, 0.3) is 32.3 Å². The first-order chi connectivity index (χ1) is 9.29. The summed E-state index contributed by atoms with van der Waals surface area (Å²) in [6, 6.07) is 21.8. The molecule has 0 heterocycles. The summed E-state index contributed by atoms with van der Waals surface area (Å²) >= 11 is 0. The molecule has 4 aromatic carbocycles. The summed E-state index contributed by atoms with van der Waals surface area (Å²) in [6.07, 6.45) is 0. The summed E-state index contributed by atoms with van der Waals surface area (Å²) in [4.78, 5) is 0. The third-order valence-corrected chi connectivity index (χ3v) is 3.62. The van der Waals surface area contributed by atoms with Crippen LogP contribution in [0.4, 0.5) is 4.39 Å². The van der Waals surface area contributed by atoms with E-state index in [1.807, 2.05) is 18.2 Å². The fourth-order valence-electron chi connectivity index (χ4n) is 2.66. The zero-order valence-electron chi connectivity index (χ0n) is 10.2. The molecule has 0 N–H and O–H groups in total. The van der Waals surface area contributed by atoms with Crippen LogP contribution < -0.4 is 0 Å². The molecule has 0 aliphatic rings. The maximum Gasteiger partial charge on any atom is 0.123 e. The maximum absolute atomic E-state index is 13.3. The summed E-state index contributed by atoms with van der Waals surface area (Å²) in [5.74, 6) is -0.187. The smallest absolute Gasteiger partial charge is 0.123 e. The highest BCUT2D eigenvalue weighted by Gasteiger charge is 2.01. The molecule has 0 saturated carbocycles. The van der Waals surface area contributed by atoms with E-state index in [1.54, 1.807) is 6.07 Å². The fraction of sp³-hybridized carbons (Fsp3) is 0. The molecule has 0 bridgehead atoms. The number of fused-ring (bicyclic) bond motifs is 3. The first-order valence-corrected chi connectivity index (χ1v) is 6.31. The van der Waals surface area contributed by atoms with E-state index in [-0.39, 0.29) is 5.82 Å². The second-order valence-corrected chi connectivity index (χ2v) is 4.89. The molecule has 0 nitrogen and oxygen atoms in total. The summed E-state index contributed by atoms with van der Waals surface area (Å²) < 4.78 is 13.3. The van der Waals surface area contributed by atoms with Crippen LogP contribution in [0.2, 0.25) is 0 Å². The fourth-order valence-corrected chi connectivity index (χ4v) is 2.66. The molecule has 0 unspecified atom stereocenters. The summed E-state index contributed by atoms with van der Waals surface area (Å²) in [6.45, 7) is 0. The molecule has 90 valence electrons. The van der Waals surface area contributed by atoms with Crippen molar-refractivity contribution < 1.29 is 4.39 Å². The van der Waals surface area contributed by atoms with Gasteiger partial charge in [0.2, 0.25) is 0 Å². The molecular formula is C18H11F. The lowest BCUT2D eigenvalue weighted by atomic mass is 10.00. The predicted octanol–water partition coefficient (Wildman–Crippen LogP) is 5.29. The largest absolute Gasteiger partial charge is 0.207 e. The first-order valence-electron chi connectivity index (χ1n) is 6.31. The van der Waals surface area contributed by atoms with E-state index >= 15 is 0 Å². The van der Waals surface area contributed by atoms with E-state index in [0.29, 0.717) is 0 Å². The Bertz CT molecular complexity index is 922. The molecule has 1 heteroatoms. The molecule has 4 aromatic rings. The molecule has 0 spiro atoms. The van der Waals surface area contributed by atoms with Gasteiger partial charge in [-0.1, -0.05) is 30.3 Å². The van der Waals surface area contributed by atoms with Crippen molar-refractivity contribution in [2.75, 3.05) is 0 Å². The number of halogens is 1. The number of hydrogen-bond donors (Lipinski definition) is 0. The predicted molar refractivity (Wildman–Crippen MR) is 78.9 cm³/mol. The van der Waals surface area contributed by atoms with E-state index in [2.05, 4.69) is 36.4 Å². The number of hydrogen-bond acceptors (Lipinski definition) is 0. The lowest BCUT2D eigenvalue weighted by Gasteiger charge is -2.05. The highest BCUT2D eigenvalue weighted by atomic mass is 19.1. The van der Waals surface area contributed by atoms with Crippen molar-refractivity contribution in [1.82, 2.24) is 0 Å². The molecule has 0 amide bonds. The quantitative estimate of drug-likeness (QED) is 0.370. The second kappa shape index (κ2) is 3.79. The van der Waals surface area contributed by atoms with Crippen molar-refractivity contribution in [1.29, 1.82) is 0 Å². The van der Waals surface area contributed by atoms with Gasteiger partial charge in [-0.2, -0.15) is 0 Å². The average Bonchev–Trinajstić information content (AvgIpc) is 2.43. The first kappa shape index (κ1) is 10.5. The Kier molecular flexibility index (Phi) is 2.10. The standard InChI is InChI=1S/C18H11F/c19-18-6-5-14-9-15-7-12-3-1-2-4-13(12)8-16(15)10-17(14)11-18/h1-11H. The molecular weight excluding hydrogens is 235 g/mol. The van der Waals surface area contributed by atoms with Gasteiger partial charge in [0.15, 0.2) is 0 Å². The van der Waals surface area contributed by atoms with Gasteiger partial charge in [-0.15, -0.1) is 0 Å². The van der Waals surface area contributed by atoms with E-state index in [1.165, 1.54) is 22.2 Å². The molecule has 0 radical (unpaired) electrons. The Morgan fingerprint density at radius 1 is 0.474 bits per heavy atom. The van der Waals surface area contributed by atoms with E-state index in [0.717, 1.165) is 16.2 Å². The van der Waals surface area contributed by atoms with Crippen molar-refractivity contribution in [2.45, 2.75) is 0 Å². The van der Waals surface area contributed by atoms with E-state index in [9.17, 15) is 4.39 Å². The normalized spacial score (nSPS) is 11.4. The van der Waals surface area contributed by atoms with Gasteiger partial charge in [0.05, 0.1) is 0 Å². The van der Waals surface area contributed by atoms with Crippen molar-refractivity contribution >= 4 is 32.3 Å². The molecule has 0 fully saturated rings. The van der Waals surface area contributed by atoms with Crippen LogP contribution in [-0.4, -0.2) is 0 Å². The van der Waals surface area contributed by atoms with Gasteiger partial charge in [-0.05, 0) is 68.7 Å². The molecule has 0 atom stereocenters. The lowest BCUT2D eigenvalue weighted by Crippen LogP contribution is -1.80. The summed E-state index contributed by atoms with van der Waals surface area (Å²) in [5.41, 5.74) is 0. The minimum absolute atomic E-state index is 0.187. The highest BCUT2D eigenvalue weighted by Crippen LogP contribution is 2.27. The lowest BCUT2D eigenvalue weighted by molar-refractivity contribution is 0.630. The van der Waals surface area contributed by atoms with Gasteiger partial charge in [0, 0.05) is 0 Å². The van der Waals surface area contributed by atoms with Gasteiger partial charge >= 0.3 is 0 Å². The maximum atomic E-state index is 13.3. The van der Waals surface area contributed by atoms with Crippen molar-refractivity contribution in [3.05, 3.63) is 72.5 Å². The zero-order chi connectivity index (χ0) is 12.8. The summed E-state index contributed by atoms with van der Waals surface area (Å²) in [7, 11) is 0. The number of benzene rings is 4. The average molecular weight is 246 g/mol. The molecule has 4 rings (SSSR count). The monoisotopic (exact) mass is 246 g/mol. The van der Waals surface area contributed by atoms with Gasteiger partial charge < -0.3 is 0 Å². The Morgan fingerprint density at radius 3 is 1.58 bits per heavy atom. The van der Waals surface area contributed by atoms with Crippen LogP contribution in [-0.2, 0) is 0 Å². The Balaban J connectivity index is 2.16. The molecule has 0 aliphatic heterocycles. The van der Waals surface area contributed by atoms with Crippen LogP contribution in [0.3, 0.4) is 0 Å². The van der Waals surface area contributed by atoms with Crippen molar-refractivity contribution in [2.24, 2.45) is 0 Å². The minimum atomic E-state index is -0.187. The zero-order valence-corrected chi connectivity index (χ0v) is 10.2. The van der Waals surface area contributed by atoms with Crippen LogP contribution in [0.5, 0.6) is 0 Å². The topological polar surface area (TPSA) is 0 Å².